The molecule has 0 atom stereocenters. The van der Waals surface area contributed by atoms with Crippen molar-refractivity contribution in [2.45, 2.75) is 0 Å². The van der Waals surface area contributed by atoms with Gasteiger partial charge in [-0.25, -0.2) is 31.7 Å². The minimum atomic E-state index is -1.69. The summed E-state index contributed by atoms with van der Waals surface area (Å²) in [6.45, 7) is -0.850. The summed E-state index contributed by atoms with van der Waals surface area (Å²) in [4.78, 5) is 27.1. The standard InChI is InChI=1S/C16H7F5N2O3S/c17-6-1-2-7(8(18)3-6)15(25)26-5-11(24)22-16-23-14-10(27-16)4-9(19)12(20)13(14)21/h1-4H,5H2,(H,22,23,24). The molecule has 0 spiro atoms. The molecule has 0 fully saturated rings. The number of nitrogens with one attached hydrogen (secondary N) is 1. The Morgan fingerprint density at radius 3 is 2.48 bits per heavy atom. The summed E-state index contributed by atoms with van der Waals surface area (Å²) in [5.41, 5.74) is -1.04. The Kier molecular flexibility index (Phi) is 5.04. The van der Waals surface area contributed by atoms with Gasteiger partial charge in [0.2, 0.25) is 0 Å². The van der Waals surface area contributed by atoms with E-state index >= 15 is 0 Å². The number of rotatable bonds is 4. The van der Waals surface area contributed by atoms with E-state index in [1.807, 2.05) is 0 Å². The summed E-state index contributed by atoms with van der Waals surface area (Å²) in [6.07, 6.45) is 0. The van der Waals surface area contributed by atoms with Gasteiger partial charge in [-0.15, -0.1) is 0 Å². The van der Waals surface area contributed by atoms with Crippen LogP contribution >= 0.6 is 11.3 Å². The third-order valence-electron chi connectivity index (χ3n) is 3.25. The van der Waals surface area contributed by atoms with Gasteiger partial charge >= 0.3 is 5.97 Å². The minimum absolute atomic E-state index is 0.0490. The molecule has 0 unspecified atom stereocenters. The molecule has 0 radical (unpaired) electrons. The van der Waals surface area contributed by atoms with Gasteiger partial charge in [-0.2, -0.15) is 0 Å². The van der Waals surface area contributed by atoms with Crippen molar-refractivity contribution in [2.75, 3.05) is 11.9 Å². The first-order valence-electron chi connectivity index (χ1n) is 7.12. The maximum Gasteiger partial charge on any atom is 0.341 e. The summed E-state index contributed by atoms with van der Waals surface area (Å²) in [6, 6.07) is 2.89. The molecule has 0 saturated carbocycles. The van der Waals surface area contributed by atoms with E-state index in [1.165, 1.54) is 0 Å². The first kappa shape index (κ1) is 18.7. The van der Waals surface area contributed by atoms with Gasteiger partial charge in [-0.05, 0) is 18.2 Å². The van der Waals surface area contributed by atoms with Crippen molar-refractivity contribution in [3.63, 3.8) is 0 Å². The number of carbonyl (C=O) groups is 2. The van der Waals surface area contributed by atoms with Crippen LogP contribution in [0.15, 0.2) is 24.3 Å². The Balaban J connectivity index is 1.66. The molecule has 3 aromatic rings. The third-order valence-corrected chi connectivity index (χ3v) is 4.17. The van der Waals surface area contributed by atoms with Crippen LogP contribution in [0, 0.1) is 29.1 Å². The lowest BCUT2D eigenvalue weighted by molar-refractivity contribution is -0.119. The van der Waals surface area contributed by atoms with Crippen LogP contribution in [0.1, 0.15) is 10.4 Å². The quantitative estimate of drug-likeness (QED) is 0.410. The number of fused-ring (bicyclic) bond motifs is 1. The maximum absolute atomic E-state index is 13.6. The van der Waals surface area contributed by atoms with Gasteiger partial charge in [0.15, 0.2) is 29.2 Å². The van der Waals surface area contributed by atoms with E-state index in [0.29, 0.717) is 17.4 Å². The molecule has 2 aromatic carbocycles. The molecule has 0 aliphatic rings. The van der Waals surface area contributed by atoms with Crippen LogP contribution in [-0.2, 0) is 9.53 Å². The lowest BCUT2D eigenvalue weighted by Gasteiger charge is -2.05. The van der Waals surface area contributed by atoms with Crippen molar-refractivity contribution < 1.29 is 36.3 Å². The number of hydrogen-bond acceptors (Lipinski definition) is 5. The second-order valence-corrected chi connectivity index (χ2v) is 6.13. The second kappa shape index (κ2) is 7.27. The Bertz CT molecular complexity index is 1070. The zero-order chi connectivity index (χ0) is 19.7. The van der Waals surface area contributed by atoms with Crippen molar-refractivity contribution in [3.05, 3.63) is 58.9 Å². The highest BCUT2D eigenvalue weighted by atomic mass is 32.1. The molecule has 1 amide bonds. The highest BCUT2D eigenvalue weighted by molar-refractivity contribution is 7.22. The molecular formula is C16H7F5N2O3S. The number of anilines is 1. The maximum atomic E-state index is 13.6. The first-order valence-corrected chi connectivity index (χ1v) is 7.94. The van der Waals surface area contributed by atoms with Crippen LogP contribution in [0.4, 0.5) is 27.1 Å². The van der Waals surface area contributed by atoms with Crippen molar-refractivity contribution in [1.29, 1.82) is 0 Å². The van der Waals surface area contributed by atoms with Crippen molar-refractivity contribution in [1.82, 2.24) is 4.98 Å². The SMILES string of the molecule is O=C(COC(=O)c1ccc(F)cc1F)Nc1nc2c(F)c(F)c(F)cc2s1. The molecule has 5 nitrogen and oxygen atoms in total. The summed E-state index contributed by atoms with van der Waals surface area (Å²) in [5, 5.41) is 1.96. The van der Waals surface area contributed by atoms with Gasteiger partial charge in [0, 0.05) is 6.07 Å². The summed E-state index contributed by atoms with van der Waals surface area (Å²) in [5.74, 6) is -8.77. The van der Waals surface area contributed by atoms with E-state index in [2.05, 4.69) is 15.0 Å². The van der Waals surface area contributed by atoms with E-state index in [9.17, 15) is 31.5 Å². The van der Waals surface area contributed by atoms with E-state index < -0.39 is 58.6 Å². The van der Waals surface area contributed by atoms with Crippen molar-refractivity contribution in [3.8, 4) is 0 Å². The van der Waals surface area contributed by atoms with Gasteiger partial charge in [-0.3, -0.25) is 10.1 Å². The number of thiazole rings is 1. The van der Waals surface area contributed by atoms with Crippen LogP contribution < -0.4 is 5.32 Å². The van der Waals surface area contributed by atoms with Crippen molar-refractivity contribution >= 4 is 38.6 Å². The predicted molar refractivity (Wildman–Crippen MR) is 84.8 cm³/mol. The second-order valence-electron chi connectivity index (χ2n) is 5.10. The van der Waals surface area contributed by atoms with E-state index in [0.717, 1.165) is 18.2 Å². The molecule has 0 aliphatic heterocycles. The Morgan fingerprint density at radius 2 is 1.78 bits per heavy atom. The number of esters is 1. The van der Waals surface area contributed by atoms with Gasteiger partial charge in [0.25, 0.3) is 5.91 Å². The van der Waals surface area contributed by atoms with Crippen LogP contribution in [0.2, 0.25) is 0 Å². The minimum Gasteiger partial charge on any atom is -0.452 e. The molecule has 1 aromatic heterocycles. The number of benzene rings is 2. The fraction of sp³-hybridized carbons (Fsp3) is 0.0625. The van der Waals surface area contributed by atoms with Crippen LogP contribution in [0.3, 0.4) is 0 Å². The van der Waals surface area contributed by atoms with Crippen LogP contribution in [-0.4, -0.2) is 23.5 Å². The number of aromatic nitrogens is 1. The molecule has 1 heterocycles. The predicted octanol–water partition coefficient (Wildman–Crippen LogP) is 3.79. The Labute approximate surface area is 151 Å². The molecule has 0 bridgehead atoms. The number of hydrogen-bond donors (Lipinski definition) is 1. The number of halogens is 5. The molecule has 1 N–H and O–H groups in total. The lowest BCUT2D eigenvalue weighted by Crippen LogP contribution is -2.21. The number of amides is 1. The molecule has 27 heavy (non-hydrogen) atoms. The summed E-state index contributed by atoms with van der Waals surface area (Å²) >= 11 is 0.665. The molecular weight excluding hydrogens is 395 g/mol. The topological polar surface area (TPSA) is 68.3 Å². The Hall–Kier alpha value is -3.08. The van der Waals surface area contributed by atoms with Gasteiger partial charge < -0.3 is 4.74 Å². The molecule has 3 rings (SSSR count). The molecule has 0 saturated heterocycles. The van der Waals surface area contributed by atoms with Crippen LogP contribution in [0.5, 0.6) is 0 Å². The molecule has 140 valence electrons. The van der Waals surface area contributed by atoms with E-state index in [4.69, 9.17) is 0 Å². The van der Waals surface area contributed by atoms with E-state index in [1.54, 1.807) is 0 Å². The number of ether oxygens (including phenoxy) is 1. The van der Waals surface area contributed by atoms with Gasteiger partial charge in [0.05, 0.1) is 10.3 Å². The zero-order valence-electron chi connectivity index (χ0n) is 13.0. The third kappa shape index (κ3) is 3.87. The van der Waals surface area contributed by atoms with Crippen LogP contribution in [0.25, 0.3) is 10.2 Å². The summed E-state index contributed by atoms with van der Waals surface area (Å²) < 4.78 is 70.7. The summed E-state index contributed by atoms with van der Waals surface area (Å²) in [7, 11) is 0. The lowest BCUT2D eigenvalue weighted by atomic mass is 10.2. The first-order chi connectivity index (χ1) is 12.8. The average molecular weight is 402 g/mol. The van der Waals surface area contributed by atoms with E-state index in [-0.39, 0.29) is 9.83 Å². The average Bonchev–Trinajstić information content (AvgIpc) is 3.00. The fourth-order valence-corrected chi connectivity index (χ4v) is 2.95. The normalized spacial score (nSPS) is 10.9. The highest BCUT2D eigenvalue weighted by Gasteiger charge is 2.19. The van der Waals surface area contributed by atoms with Gasteiger partial charge in [0.1, 0.15) is 17.2 Å². The largest absolute Gasteiger partial charge is 0.452 e. The zero-order valence-corrected chi connectivity index (χ0v) is 13.8. The Morgan fingerprint density at radius 1 is 1.04 bits per heavy atom. The molecule has 11 heteroatoms. The number of carbonyl (C=O) groups excluding carboxylic acids is 2. The smallest absolute Gasteiger partial charge is 0.341 e. The monoisotopic (exact) mass is 402 g/mol. The number of nitrogens with zero attached hydrogens (tertiary/aromatic N) is 1. The van der Waals surface area contributed by atoms with Crippen molar-refractivity contribution in [2.24, 2.45) is 0 Å². The molecule has 0 aliphatic carbocycles. The van der Waals surface area contributed by atoms with Gasteiger partial charge in [-0.1, -0.05) is 11.3 Å². The fourth-order valence-electron chi connectivity index (χ4n) is 2.05. The highest BCUT2D eigenvalue weighted by Crippen LogP contribution is 2.30.